The maximum Gasteiger partial charge on any atom is 0.303 e. The lowest BCUT2D eigenvalue weighted by atomic mass is 9.47. The van der Waals surface area contributed by atoms with E-state index in [9.17, 15) is 9.90 Å². The SMILES string of the molecule is CC(C)CCCC(C)[C@H]1CC[C@H]2[C@@H]3CC=C4C[C@@H](O)CC[C@]4(C)[C@H]3CC[C@]12C.CCCCCCCCC(=O)O. The number of aliphatic hydroxyl groups is 1. The van der Waals surface area contributed by atoms with Crippen molar-refractivity contribution in [2.75, 3.05) is 0 Å². The first-order valence-electron chi connectivity index (χ1n) is 17.1. The van der Waals surface area contributed by atoms with E-state index in [1.165, 1.54) is 83.5 Å². The third kappa shape index (κ3) is 8.14. The van der Waals surface area contributed by atoms with E-state index < -0.39 is 5.97 Å². The number of hydrogen-bond donors (Lipinski definition) is 2. The van der Waals surface area contributed by atoms with E-state index in [2.05, 4.69) is 47.6 Å². The molecule has 0 radical (unpaired) electrons. The molecule has 39 heavy (non-hydrogen) atoms. The number of carbonyl (C=O) groups is 1. The lowest BCUT2D eigenvalue weighted by Crippen LogP contribution is -2.50. The number of carboxylic acid groups (broad SMARTS) is 1. The number of aliphatic carboxylic acids is 1. The summed E-state index contributed by atoms with van der Waals surface area (Å²) in [5.74, 6) is 4.79. The quantitative estimate of drug-likeness (QED) is 0.190. The van der Waals surface area contributed by atoms with Crippen molar-refractivity contribution in [2.24, 2.45) is 46.3 Å². The van der Waals surface area contributed by atoms with Crippen LogP contribution >= 0.6 is 0 Å². The molecule has 0 aromatic carbocycles. The van der Waals surface area contributed by atoms with Crippen molar-refractivity contribution in [2.45, 2.75) is 163 Å². The molecule has 0 aromatic rings. The third-order valence-corrected chi connectivity index (χ3v) is 12.0. The fraction of sp³-hybridized carbons (Fsp3) is 0.917. The first kappa shape index (κ1) is 32.7. The van der Waals surface area contributed by atoms with Crippen molar-refractivity contribution in [3.63, 3.8) is 0 Å². The number of aliphatic hydroxyl groups excluding tert-OH is 1. The molecule has 0 aromatic heterocycles. The number of hydrogen-bond acceptors (Lipinski definition) is 2. The van der Waals surface area contributed by atoms with Crippen LogP contribution in [0.25, 0.3) is 0 Å². The van der Waals surface area contributed by atoms with Crippen molar-refractivity contribution in [1.29, 1.82) is 0 Å². The lowest BCUT2D eigenvalue weighted by molar-refractivity contribution is -0.137. The van der Waals surface area contributed by atoms with Crippen LogP contribution in [0.1, 0.15) is 157 Å². The van der Waals surface area contributed by atoms with E-state index in [0.717, 1.165) is 61.2 Å². The van der Waals surface area contributed by atoms with Gasteiger partial charge in [0.05, 0.1) is 6.10 Å². The van der Waals surface area contributed by atoms with E-state index in [4.69, 9.17) is 5.11 Å². The van der Waals surface area contributed by atoms with Crippen LogP contribution in [-0.2, 0) is 4.79 Å². The molecule has 0 aliphatic heterocycles. The first-order valence-corrected chi connectivity index (χ1v) is 17.1. The van der Waals surface area contributed by atoms with Crippen LogP contribution in [0.2, 0.25) is 0 Å². The molecule has 3 heteroatoms. The summed E-state index contributed by atoms with van der Waals surface area (Å²) < 4.78 is 0. The Morgan fingerprint density at radius 1 is 0.923 bits per heavy atom. The van der Waals surface area contributed by atoms with Gasteiger partial charge in [-0.1, -0.05) is 105 Å². The minimum absolute atomic E-state index is 0.0766. The highest BCUT2D eigenvalue weighted by atomic mass is 16.4. The summed E-state index contributed by atoms with van der Waals surface area (Å²) in [4.78, 5) is 10.1. The summed E-state index contributed by atoms with van der Waals surface area (Å²) in [5.41, 5.74) is 2.60. The molecule has 3 fully saturated rings. The van der Waals surface area contributed by atoms with Gasteiger partial charge in [-0.05, 0) is 104 Å². The average molecular weight is 545 g/mol. The molecule has 3 nitrogen and oxygen atoms in total. The molecule has 4 rings (SSSR count). The summed E-state index contributed by atoms with van der Waals surface area (Å²) in [6.07, 6.45) is 24.4. The van der Waals surface area contributed by atoms with Crippen LogP contribution in [-0.4, -0.2) is 22.3 Å². The van der Waals surface area contributed by atoms with Crippen LogP contribution in [0.4, 0.5) is 0 Å². The van der Waals surface area contributed by atoms with Crippen molar-refractivity contribution in [3.8, 4) is 0 Å². The van der Waals surface area contributed by atoms with E-state index in [-0.39, 0.29) is 6.10 Å². The Morgan fingerprint density at radius 2 is 1.64 bits per heavy atom. The molecule has 0 heterocycles. The summed E-state index contributed by atoms with van der Waals surface area (Å²) in [6, 6.07) is 0. The van der Waals surface area contributed by atoms with Gasteiger partial charge in [0.1, 0.15) is 0 Å². The highest BCUT2D eigenvalue weighted by molar-refractivity contribution is 5.66. The van der Waals surface area contributed by atoms with Gasteiger partial charge in [0.25, 0.3) is 0 Å². The molecule has 8 atom stereocenters. The molecule has 3 saturated carbocycles. The zero-order valence-corrected chi connectivity index (χ0v) is 26.6. The van der Waals surface area contributed by atoms with Gasteiger partial charge in [0.2, 0.25) is 0 Å². The predicted octanol–water partition coefficient (Wildman–Crippen LogP) is 10.2. The van der Waals surface area contributed by atoms with Gasteiger partial charge in [-0.2, -0.15) is 0 Å². The normalized spacial score (nSPS) is 36.2. The topological polar surface area (TPSA) is 57.5 Å². The predicted molar refractivity (Wildman–Crippen MR) is 165 cm³/mol. The molecular formula is C36H64O3. The number of fused-ring (bicyclic) bond motifs is 5. The maximum atomic E-state index is 10.2. The van der Waals surface area contributed by atoms with E-state index >= 15 is 0 Å². The van der Waals surface area contributed by atoms with Crippen LogP contribution in [0, 0.1) is 46.3 Å². The second kappa shape index (κ2) is 14.9. The number of unbranched alkanes of at least 4 members (excludes halogenated alkanes) is 5. The monoisotopic (exact) mass is 544 g/mol. The Labute approximate surface area is 242 Å². The minimum atomic E-state index is -0.666. The summed E-state index contributed by atoms with van der Waals surface area (Å²) in [7, 11) is 0. The molecular weight excluding hydrogens is 480 g/mol. The van der Waals surface area contributed by atoms with Crippen LogP contribution in [0.15, 0.2) is 11.6 Å². The van der Waals surface area contributed by atoms with Gasteiger partial charge in [0.15, 0.2) is 0 Å². The Hall–Kier alpha value is -0.830. The van der Waals surface area contributed by atoms with Crippen molar-refractivity contribution in [3.05, 3.63) is 11.6 Å². The molecule has 0 spiro atoms. The average Bonchev–Trinajstić information content (AvgIpc) is 3.24. The molecule has 4 aliphatic rings. The summed E-state index contributed by atoms with van der Waals surface area (Å²) in [5, 5.41) is 18.5. The van der Waals surface area contributed by atoms with Crippen molar-refractivity contribution in [1.82, 2.24) is 0 Å². The van der Waals surface area contributed by atoms with E-state index in [0.29, 0.717) is 17.3 Å². The zero-order chi connectivity index (χ0) is 28.6. The number of allylic oxidation sites excluding steroid dienone is 1. The Bertz CT molecular complexity index is 786. The molecule has 0 saturated heterocycles. The van der Waals surface area contributed by atoms with Gasteiger partial charge in [0, 0.05) is 6.42 Å². The number of rotatable bonds is 12. The van der Waals surface area contributed by atoms with Crippen LogP contribution in [0.5, 0.6) is 0 Å². The van der Waals surface area contributed by atoms with Gasteiger partial charge in [-0.15, -0.1) is 0 Å². The van der Waals surface area contributed by atoms with Gasteiger partial charge in [-0.25, -0.2) is 0 Å². The Kier molecular flexibility index (Phi) is 12.5. The Balaban J connectivity index is 0.000000325. The molecule has 2 N–H and O–H groups in total. The molecule has 0 bridgehead atoms. The van der Waals surface area contributed by atoms with E-state index in [1.54, 1.807) is 5.57 Å². The fourth-order valence-electron chi connectivity index (χ4n) is 9.72. The van der Waals surface area contributed by atoms with E-state index in [1.807, 2.05) is 0 Å². The van der Waals surface area contributed by atoms with Gasteiger partial charge in [-0.3, -0.25) is 4.79 Å². The molecule has 1 unspecified atom stereocenters. The highest BCUT2D eigenvalue weighted by Crippen LogP contribution is 2.67. The van der Waals surface area contributed by atoms with Crippen molar-refractivity contribution >= 4 is 5.97 Å². The van der Waals surface area contributed by atoms with Gasteiger partial charge < -0.3 is 10.2 Å². The summed E-state index contributed by atoms with van der Waals surface area (Å²) >= 11 is 0. The van der Waals surface area contributed by atoms with Crippen LogP contribution < -0.4 is 0 Å². The Morgan fingerprint density at radius 3 is 2.33 bits per heavy atom. The van der Waals surface area contributed by atoms with Gasteiger partial charge >= 0.3 is 5.97 Å². The second-order valence-corrected chi connectivity index (χ2v) is 15.1. The second-order valence-electron chi connectivity index (χ2n) is 15.1. The van der Waals surface area contributed by atoms with Crippen molar-refractivity contribution < 1.29 is 15.0 Å². The maximum absolute atomic E-state index is 10.2. The number of carboxylic acids is 1. The fourth-order valence-corrected chi connectivity index (χ4v) is 9.72. The smallest absolute Gasteiger partial charge is 0.303 e. The third-order valence-electron chi connectivity index (χ3n) is 12.0. The largest absolute Gasteiger partial charge is 0.481 e. The zero-order valence-electron chi connectivity index (χ0n) is 26.6. The molecule has 4 aliphatic carbocycles. The molecule has 226 valence electrons. The lowest BCUT2D eigenvalue weighted by Gasteiger charge is -2.58. The van der Waals surface area contributed by atoms with Crippen LogP contribution in [0.3, 0.4) is 0 Å². The summed E-state index contributed by atoms with van der Waals surface area (Å²) in [6.45, 7) is 14.7. The standard InChI is InChI=1S/C27H46O.C9H18O2/c1-18(2)7-6-8-19(3)23-11-12-24-22-10-9-20-17-21(28)13-15-26(20,4)25(22)14-16-27(23,24)5;1-2-3-4-5-6-7-8-9(10)11/h9,18-19,21-25,28H,6-8,10-17H2,1-5H3;2-8H2,1H3,(H,10,11)/t19?,21-,22-,23+,24-,25-,26-,27+;/m0./s1. The molecule has 0 amide bonds. The minimum Gasteiger partial charge on any atom is -0.481 e. The first-order chi connectivity index (χ1) is 18.5. The highest BCUT2D eigenvalue weighted by Gasteiger charge is 2.59.